The zero-order valence-corrected chi connectivity index (χ0v) is 11.6. The Hall–Kier alpha value is -0.430. The molecule has 2 rings (SSSR count). The Labute approximate surface area is 107 Å². The molecule has 1 fully saturated rings. The molecule has 1 saturated heterocycles. The number of hydrogen-bond acceptors (Lipinski definition) is 4. The van der Waals surface area contributed by atoms with Crippen LogP contribution >= 0.6 is 11.3 Å². The van der Waals surface area contributed by atoms with Gasteiger partial charge in [0.15, 0.2) is 0 Å². The van der Waals surface area contributed by atoms with Gasteiger partial charge in [-0.25, -0.2) is 13.1 Å². The molecule has 0 spiro atoms. The van der Waals surface area contributed by atoms with E-state index in [4.69, 9.17) is 0 Å². The van der Waals surface area contributed by atoms with Crippen LogP contribution in [0.3, 0.4) is 0 Å². The summed E-state index contributed by atoms with van der Waals surface area (Å²) in [5.41, 5.74) is 0. The van der Waals surface area contributed by atoms with Crippen molar-refractivity contribution in [1.82, 2.24) is 9.62 Å². The molecule has 1 aliphatic heterocycles. The largest absolute Gasteiger partial charge is 0.294 e. The quantitative estimate of drug-likeness (QED) is 0.884. The van der Waals surface area contributed by atoms with Crippen LogP contribution in [0.5, 0.6) is 0 Å². The summed E-state index contributed by atoms with van der Waals surface area (Å²) in [5, 5.41) is 2.04. The van der Waals surface area contributed by atoms with Gasteiger partial charge in [-0.2, -0.15) is 0 Å². The van der Waals surface area contributed by atoms with Gasteiger partial charge in [0.25, 0.3) is 0 Å². The lowest BCUT2D eigenvalue weighted by Gasteiger charge is -2.26. The highest BCUT2D eigenvalue weighted by Crippen LogP contribution is 2.27. The first-order valence-electron chi connectivity index (χ1n) is 5.78. The minimum Gasteiger partial charge on any atom is -0.294 e. The van der Waals surface area contributed by atoms with Gasteiger partial charge in [-0.05, 0) is 37.4 Å². The lowest BCUT2D eigenvalue weighted by molar-refractivity contribution is 0.250. The Morgan fingerprint density at radius 2 is 2.18 bits per heavy atom. The Balaban J connectivity index is 2.07. The molecule has 1 aromatic heterocycles. The van der Waals surface area contributed by atoms with E-state index in [1.807, 2.05) is 11.4 Å². The third-order valence-electron chi connectivity index (χ3n) is 2.99. The molecule has 17 heavy (non-hydrogen) atoms. The third-order valence-corrected chi connectivity index (χ3v) is 4.66. The van der Waals surface area contributed by atoms with Crippen molar-refractivity contribution in [2.45, 2.75) is 18.9 Å². The zero-order valence-electron chi connectivity index (χ0n) is 9.93. The van der Waals surface area contributed by atoms with Gasteiger partial charge in [-0.3, -0.25) is 4.90 Å². The third kappa shape index (κ3) is 3.77. The summed E-state index contributed by atoms with van der Waals surface area (Å²) in [7, 11) is -3.11. The van der Waals surface area contributed by atoms with Gasteiger partial charge in [0.05, 0.1) is 12.3 Å². The van der Waals surface area contributed by atoms with E-state index in [2.05, 4.69) is 15.7 Å². The van der Waals surface area contributed by atoms with Crippen molar-refractivity contribution >= 4 is 21.4 Å². The van der Waals surface area contributed by atoms with Crippen LogP contribution in [0.2, 0.25) is 0 Å². The maximum Gasteiger partial charge on any atom is 0.208 e. The highest BCUT2D eigenvalue weighted by Gasteiger charge is 2.24. The molecule has 1 unspecified atom stereocenters. The standard InChI is InChI=1S/C11H18N2O2S2/c1-17(14,15)12-9-10(11-5-4-8-16-11)13-6-2-3-7-13/h4-5,8,10,12H,2-3,6-7,9H2,1H3. The molecule has 0 aromatic carbocycles. The molecule has 1 atom stereocenters. The number of nitrogens with zero attached hydrogens (tertiary/aromatic N) is 1. The maximum atomic E-state index is 11.2. The van der Waals surface area contributed by atoms with Crippen LogP contribution in [0.1, 0.15) is 23.8 Å². The fourth-order valence-electron chi connectivity index (χ4n) is 2.17. The topological polar surface area (TPSA) is 49.4 Å². The summed E-state index contributed by atoms with van der Waals surface area (Å²) in [6.07, 6.45) is 3.63. The van der Waals surface area contributed by atoms with E-state index < -0.39 is 10.0 Å². The molecule has 0 saturated carbocycles. The monoisotopic (exact) mass is 274 g/mol. The summed E-state index contributed by atoms with van der Waals surface area (Å²) in [4.78, 5) is 3.60. The fourth-order valence-corrected chi connectivity index (χ4v) is 3.50. The molecule has 0 radical (unpaired) electrons. The molecule has 4 nitrogen and oxygen atoms in total. The summed E-state index contributed by atoms with van der Waals surface area (Å²) in [5.74, 6) is 0. The summed E-state index contributed by atoms with van der Waals surface area (Å²) in [6, 6.07) is 4.29. The van der Waals surface area contributed by atoms with E-state index >= 15 is 0 Å². The second-order valence-corrected chi connectivity index (χ2v) is 7.21. The van der Waals surface area contributed by atoms with Gasteiger partial charge in [0, 0.05) is 11.4 Å². The van der Waals surface area contributed by atoms with E-state index in [9.17, 15) is 8.42 Å². The predicted molar refractivity (Wildman–Crippen MR) is 70.7 cm³/mol. The van der Waals surface area contributed by atoms with Crippen molar-refractivity contribution in [3.63, 3.8) is 0 Å². The normalized spacial score (nSPS) is 19.6. The number of nitrogens with one attached hydrogen (secondary N) is 1. The Bertz CT molecular complexity index is 436. The van der Waals surface area contributed by atoms with Crippen molar-refractivity contribution in [3.8, 4) is 0 Å². The van der Waals surface area contributed by atoms with E-state index in [0.717, 1.165) is 13.1 Å². The molecular weight excluding hydrogens is 256 g/mol. The molecule has 0 bridgehead atoms. The molecule has 6 heteroatoms. The van der Waals surface area contributed by atoms with Gasteiger partial charge in [-0.15, -0.1) is 11.3 Å². The van der Waals surface area contributed by atoms with Crippen LogP contribution in [0.4, 0.5) is 0 Å². The smallest absolute Gasteiger partial charge is 0.208 e. The van der Waals surface area contributed by atoms with Crippen LogP contribution in [0.25, 0.3) is 0 Å². The van der Waals surface area contributed by atoms with Crippen molar-refractivity contribution in [1.29, 1.82) is 0 Å². The second-order valence-electron chi connectivity index (χ2n) is 4.39. The average Bonchev–Trinajstić information content (AvgIpc) is 2.86. The van der Waals surface area contributed by atoms with Gasteiger partial charge in [0.1, 0.15) is 0 Å². The Morgan fingerprint density at radius 1 is 1.47 bits per heavy atom. The molecule has 0 amide bonds. The van der Waals surface area contributed by atoms with Crippen LogP contribution in [-0.2, 0) is 10.0 Å². The Kier molecular flexibility index (Phi) is 4.19. The molecule has 0 aliphatic carbocycles. The second kappa shape index (κ2) is 5.48. The molecule has 2 heterocycles. The lowest BCUT2D eigenvalue weighted by atomic mass is 10.2. The van der Waals surface area contributed by atoms with Crippen LogP contribution < -0.4 is 4.72 Å². The fraction of sp³-hybridized carbons (Fsp3) is 0.636. The minimum absolute atomic E-state index is 0.187. The molecule has 1 N–H and O–H groups in total. The number of thiophene rings is 1. The Morgan fingerprint density at radius 3 is 2.71 bits per heavy atom. The van der Waals surface area contributed by atoms with Crippen LogP contribution in [-0.4, -0.2) is 39.2 Å². The molecule has 96 valence electrons. The van der Waals surface area contributed by atoms with Crippen molar-refractivity contribution in [2.75, 3.05) is 25.9 Å². The van der Waals surface area contributed by atoms with E-state index in [0.29, 0.717) is 6.54 Å². The van der Waals surface area contributed by atoms with Crippen LogP contribution in [0.15, 0.2) is 17.5 Å². The SMILES string of the molecule is CS(=O)(=O)NCC(c1cccs1)N1CCCC1. The number of rotatable bonds is 5. The first kappa shape index (κ1) is 13.0. The van der Waals surface area contributed by atoms with Gasteiger partial charge in [-0.1, -0.05) is 6.07 Å². The summed E-state index contributed by atoms with van der Waals surface area (Å²) < 4.78 is 25.0. The summed E-state index contributed by atoms with van der Waals surface area (Å²) >= 11 is 1.69. The lowest BCUT2D eigenvalue weighted by Crippen LogP contribution is -2.35. The van der Waals surface area contributed by atoms with Gasteiger partial charge < -0.3 is 0 Å². The van der Waals surface area contributed by atoms with Crippen LogP contribution in [0, 0.1) is 0 Å². The van der Waals surface area contributed by atoms with Crippen molar-refractivity contribution in [2.24, 2.45) is 0 Å². The maximum absolute atomic E-state index is 11.2. The molecular formula is C11H18N2O2S2. The van der Waals surface area contributed by atoms with Gasteiger partial charge >= 0.3 is 0 Å². The van der Waals surface area contributed by atoms with Gasteiger partial charge in [0.2, 0.25) is 10.0 Å². The van der Waals surface area contributed by atoms with Crippen molar-refractivity contribution < 1.29 is 8.42 Å². The minimum atomic E-state index is -3.11. The summed E-state index contributed by atoms with van der Waals surface area (Å²) in [6.45, 7) is 2.60. The van der Waals surface area contributed by atoms with E-state index in [1.54, 1.807) is 11.3 Å². The van der Waals surface area contributed by atoms with Crippen molar-refractivity contribution in [3.05, 3.63) is 22.4 Å². The first-order valence-corrected chi connectivity index (χ1v) is 8.55. The first-order chi connectivity index (χ1) is 8.06. The molecule has 1 aliphatic rings. The van der Waals surface area contributed by atoms with E-state index in [1.165, 1.54) is 24.0 Å². The highest BCUT2D eigenvalue weighted by atomic mass is 32.2. The average molecular weight is 274 g/mol. The predicted octanol–water partition coefficient (Wildman–Crippen LogP) is 1.43. The van der Waals surface area contributed by atoms with E-state index in [-0.39, 0.29) is 6.04 Å². The number of hydrogen-bond donors (Lipinski definition) is 1. The number of likely N-dealkylation sites (tertiary alicyclic amines) is 1. The molecule has 1 aromatic rings. The zero-order chi connectivity index (χ0) is 12.3. The highest BCUT2D eigenvalue weighted by molar-refractivity contribution is 7.88. The number of sulfonamides is 1.